The maximum Gasteiger partial charge on any atom is 0.160 e. The first-order valence-electron chi connectivity index (χ1n) is 13.2. The van der Waals surface area contributed by atoms with Crippen LogP contribution in [0.2, 0.25) is 0 Å². The molecule has 3 nitrogen and oxygen atoms in total. The summed E-state index contributed by atoms with van der Waals surface area (Å²) in [7, 11) is 0. The topological polar surface area (TPSA) is 38.9 Å². The van der Waals surface area contributed by atoms with E-state index in [9.17, 15) is 0 Å². The van der Waals surface area contributed by atoms with E-state index in [2.05, 4.69) is 103 Å². The van der Waals surface area contributed by atoms with Gasteiger partial charge in [0.2, 0.25) is 0 Å². The van der Waals surface area contributed by atoms with E-state index in [-0.39, 0.29) is 0 Å². The molecular formula is C36H20N2O. The number of hydrogen-bond acceptors (Lipinski definition) is 3. The van der Waals surface area contributed by atoms with Crippen molar-refractivity contribution >= 4 is 65.2 Å². The van der Waals surface area contributed by atoms with Gasteiger partial charge in [-0.2, -0.15) is 0 Å². The van der Waals surface area contributed by atoms with E-state index >= 15 is 0 Å². The molecule has 0 aliphatic heterocycles. The molecule has 180 valence electrons. The summed E-state index contributed by atoms with van der Waals surface area (Å²) >= 11 is 0. The minimum atomic E-state index is 0.726. The molecule has 9 rings (SSSR count). The summed E-state index contributed by atoms with van der Waals surface area (Å²) in [5.74, 6) is 0.726. The Bertz CT molecular complexity index is 2390. The largest absolute Gasteiger partial charge is 0.456 e. The van der Waals surface area contributed by atoms with E-state index in [0.717, 1.165) is 44.7 Å². The number of benzene rings is 7. The van der Waals surface area contributed by atoms with Gasteiger partial charge < -0.3 is 4.42 Å². The molecule has 7 aromatic carbocycles. The Kier molecular flexibility index (Phi) is 4.05. The zero-order valence-electron chi connectivity index (χ0n) is 20.8. The highest BCUT2D eigenvalue weighted by Gasteiger charge is 2.20. The van der Waals surface area contributed by atoms with Crippen molar-refractivity contribution < 1.29 is 4.42 Å². The number of para-hydroxylation sites is 1. The molecule has 0 amide bonds. The van der Waals surface area contributed by atoms with Gasteiger partial charge in [-0.3, -0.25) is 0 Å². The molecule has 39 heavy (non-hydrogen) atoms. The third-order valence-corrected chi connectivity index (χ3v) is 8.00. The van der Waals surface area contributed by atoms with Crippen LogP contribution in [0.4, 0.5) is 0 Å². The third kappa shape index (κ3) is 2.87. The molecule has 0 radical (unpaired) electrons. The second-order valence-electron chi connectivity index (χ2n) is 10.2. The molecule has 2 heterocycles. The molecule has 0 aliphatic rings. The lowest BCUT2D eigenvalue weighted by molar-refractivity contribution is 0.670. The van der Waals surface area contributed by atoms with Crippen LogP contribution in [0.25, 0.3) is 87.8 Å². The van der Waals surface area contributed by atoms with Crippen LogP contribution in [-0.2, 0) is 0 Å². The van der Waals surface area contributed by atoms with Crippen LogP contribution in [0, 0.1) is 0 Å². The zero-order chi connectivity index (χ0) is 25.5. The maximum absolute atomic E-state index is 6.40. The zero-order valence-corrected chi connectivity index (χ0v) is 20.8. The standard InChI is InChI=1S/C36H20N2O/c1-2-9-21(10-3-1)35-27-13-6-7-15-29(27)37-36(38-35)23-17-18-26-28(19-23)25-14-8-16-30-33(25)34-31(39-30)20-22-11-4-5-12-24(22)32(26)34/h1-20H. The van der Waals surface area contributed by atoms with Gasteiger partial charge in [-0.1, -0.05) is 97.1 Å². The van der Waals surface area contributed by atoms with Gasteiger partial charge in [0, 0.05) is 32.7 Å². The summed E-state index contributed by atoms with van der Waals surface area (Å²) in [5, 5.41) is 10.7. The van der Waals surface area contributed by atoms with Crippen molar-refractivity contribution in [1.82, 2.24) is 9.97 Å². The molecule has 0 bridgehead atoms. The Morgan fingerprint density at radius 3 is 2.13 bits per heavy atom. The molecule has 0 N–H and O–H groups in total. The normalized spacial score (nSPS) is 12.1. The predicted octanol–water partition coefficient (Wildman–Crippen LogP) is 9.76. The monoisotopic (exact) mass is 496 g/mol. The van der Waals surface area contributed by atoms with E-state index < -0.39 is 0 Å². The average molecular weight is 497 g/mol. The van der Waals surface area contributed by atoms with Crippen LogP contribution in [-0.4, -0.2) is 9.97 Å². The molecule has 2 aromatic heterocycles. The molecule has 9 aromatic rings. The van der Waals surface area contributed by atoms with Gasteiger partial charge in [0.05, 0.1) is 11.2 Å². The van der Waals surface area contributed by atoms with Gasteiger partial charge in [-0.05, 0) is 51.2 Å². The molecular weight excluding hydrogens is 476 g/mol. The first-order valence-corrected chi connectivity index (χ1v) is 13.2. The first-order chi connectivity index (χ1) is 19.3. The van der Waals surface area contributed by atoms with E-state index in [1.54, 1.807) is 0 Å². The lowest BCUT2D eigenvalue weighted by atomic mass is 9.90. The highest BCUT2D eigenvalue weighted by Crippen LogP contribution is 2.46. The number of aromatic nitrogens is 2. The summed E-state index contributed by atoms with van der Waals surface area (Å²) in [4.78, 5) is 10.2. The van der Waals surface area contributed by atoms with Crippen molar-refractivity contribution in [3.63, 3.8) is 0 Å². The lowest BCUT2D eigenvalue weighted by Gasteiger charge is -2.13. The minimum Gasteiger partial charge on any atom is -0.456 e. The van der Waals surface area contributed by atoms with Crippen molar-refractivity contribution in [3.05, 3.63) is 121 Å². The van der Waals surface area contributed by atoms with Crippen molar-refractivity contribution in [2.45, 2.75) is 0 Å². The Morgan fingerprint density at radius 2 is 1.21 bits per heavy atom. The summed E-state index contributed by atoms with van der Waals surface area (Å²) in [6.45, 7) is 0. The van der Waals surface area contributed by atoms with Crippen molar-refractivity contribution in [1.29, 1.82) is 0 Å². The third-order valence-electron chi connectivity index (χ3n) is 8.00. The van der Waals surface area contributed by atoms with Crippen molar-refractivity contribution in [2.75, 3.05) is 0 Å². The van der Waals surface area contributed by atoms with Gasteiger partial charge in [-0.15, -0.1) is 0 Å². The smallest absolute Gasteiger partial charge is 0.160 e. The Balaban J connectivity index is 1.40. The van der Waals surface area contributed by atoms with E-state index in [1.807, 2.05) is 18.2 Å². The number of furan rings is 1. The molecule has 0 aliphatic carbocycles. The Hall–Kier alpha value is -5.28. The highest BCUT2D eigenvalue weighted by atomic mass is 16.3. The molecule has 3 heteroatoms. The second-order valence-corrected chi connectivity index (χ2v) is 10.2. The van der Waals surface area contributed by atoms with Crippen LogP contribution in [0.3, 0.4) is 0 Å². The average Bonchev–Trinajstić information content (AvgIpc) is 3.38. The maximum atomic E-state index is 6.40. The van der Waals surface area contributed by atoms with Crippen LogP contribution >= 0.6 is 0 Å². The predicted molar refractivity (Wildman–Crippen MR) is 161 cm³/mol. The molecule has 0 fully saturated rings. The number of hydrogen-bond donors (Lipinski definition) is 0. The van der Waals surface area contributed by atoms with Crippen LogP contribution in [0.15, 0.2) is 126 Å². The first kappa shape index (κ1) is 20.7. The van der Waals surface area contributed by atoms with Gasteiger partial charge in [0.25, 0.3) is 0 Å². The van der Waals surface area contributed by atoms with Crippen LogP contribution in [0.5, 0.6) is 0 Å². The van der Waals surface area contributed by atoms with Crippen LogP contribution < -0.4 is 0 Å². The van der Waals surface area contributed by atoms with Gasteiger partial charge >= 0.3 is 0 Å². The minimum absolute atomic E-state index is 0.726. The lowest BCUT2D eigenvalue weighted by Crippen LogP contribution is -1.95. The fourth-order valence-electron chi connectivity index (χ4n) is 6.29. The molecule has 0 unspecified atom stereocenters. The van der Waals surface area contributed by atoms with Crippen molar-refractivity contribution in [3.8, 4) is 22.6 Å². The van der Waals surface area contributed by atoms with E-state index in [4.69, 9.17) is 14.4 Å². The molecule has 0 spiro atoms. The summed E-state index contributed by atoms with van der Waals surface area (Å²) in [6.07, 6.45) is 0. The summed E-state index contributed by atoms with van der Waals surface area (Å²) in [5.41, 5.74) is 5.83. The number of fused-ring (bicyclic) bond motifs is 6. The van der Waals surface area contributed by atoms with E-state index in [0.29, 0.717) is 0 Å². The quantitative estimate of drug-likeness (QED) is 0.224. The van der Waals surface area contributed by atoms with Gasteiger partial charge in [0.1, 0.15) is 11.2 Å². The molecule has 0 saturated heterocycles. The number of rotatable bonds is 2. The molecule has 0 atom stereocenters. The van der Waals surface area contributed by atoms with Gasteiger partial charge in [-0.25, -0.2) is 9.97 Å². The summed E-state index contributed by atoms with van der Waals surface area (Å²) < 4.78 is 6.40. The SMILES string of the molecule is c1ccc(-c2nc(-c3ccc4c(c3)c3cccc5oc6cc7ccccc7c4c6c53)nc3ccccc23)cc1. The fraction of sp³-hybridized carbons (Fsp3) is 0. The highest BCUT2D eigenvalue weighted by molar-refractivity contribution is 6.38. The van der Waals surface area contributed by atoms with Crippen molar-refractivity contribution in [2.24, 2.45) is 0 Å². The Morgan fingerprint density at radius 1 is 0.436 bits per heavy atom. The fourth-order valence-corrected chi connectivity index (χ4v) is 6.29. The van der Waals surface area contributed by atoms with Gasteiger partial charge in [0.15, 0.2) is 5.82 Å². The van der Waals surface area contributed by atoms with E-state index in [1.165, 1.54) is 43.1 Å². The second kappa shape index (κ2) is 7.62. The molecule has 0 saturated carbocycles. The van der Waals surface area contributed by atoms with Crippen LogP contribution in [0.1, 0.15) is 0 Å². The summed E-state index contributed by atoms with van der Waals surface area (Å²) in [6, 6.07) is 42.4. The number of nitrogens with zero attached hydrogens (tertiary/aromatic N) is 2. The Labute approximate surface area is 223 Å².